The molecule has 9 aromatic rings. The van der Waals surface area contributed by atoms with Crippen molar-refractivity contribution in [2.24, 2.45) is 0 Å². The van der Waals surface area contributed by atoms with Crippen molar-refractivity contribution in [1.29, 1.82) is 0 Å². The Morgan fingerprint density at radius 3 is 1.66 bits per heavy atom. The molecule has 0 saturated heterocycles. The van der Waals surface area contributed by atoms with E-state index in [1.54, 1.807) is 0 Å². The van der Waals surface area contributed by atoms with Gasteiger partial charge in [0.05, 0.1) is 5.41 Å². The lowest BCUT2D eigenvalue weighted by Crippen LogP contribution is -2.33. The first-order valence-corrected chi connectivity index (χ1v) is 16.4. The predicted octanol–water partition coefficient (Wildman–Crippen LogP) is 12.3. The van der Waals surface area contributed by atoms with Gasteiger partial charge in [0.1, 0.15) is 0 Å². The fourth-order valence-electron chi connectivity index (χ4n) is 8.49. The van der Waals surface area contributed by atoms with Gasteiger partial charge in [-0.15, -0.1) is 0 Å². The highest BCUT2D eigenvalue weighted by Gasteiger charge is 2.44. The number of rotatable bonds is 3. The second kappa shape index (κ2) is 10.0. The van der Waals surface area contributed by atoms with Crippen LogP contribution in [0.15, 0.2) is 182 Å². The summed E-state index contributed by atoms with van der Waals surface area (Å²) < 4.78 is 0. The molecular weight excluding hydrogens is 565 g/mol. The standard InChI is InChI=1S/C47H30/c1-3-17-36(18-4-1)47(37-19-5-2-6-20-37)44-26-25-34(29-43(44)40-23-11-15-31-16-12-24-45(47)46(31)40)41-30-35-27-32-13-7-8-14-33(32)28-42(35)39-22-10-9-21-38(39)41/h1-30H. The summed E-state index contributed by atoms with van der Waals surface area (Å²) in [6.45, 7) is 0. The molecule has 0 heteroatoms. The third-order valence-corrected chi connectivity index (χ3v) is 10.5. The SMILES string of the molecule is c1ccc(C2(c3ccccc3)c3ccc(-c4cc5cc6ccccc6cc5c5ccccc45)cc3-c3cccc4cccc2c34)cc1. The highest BCUT2D eigenvalue weighted by atomic mass is 14.4. The Bertz CT molecular complexity index is 2620. The van der Waals surface area contributed by atoms with Crippen molar-refractivity contribution in [3.63, 3.8) is 0 Å². The van der Waals surface area contributed by atoms with E-state index in [0.717, 1.165) is 0 Å². The minimum absolute atomic E-state index is 0.464. The van der Waals surface area contributed by atoms with E-state index in [1.807, 2.05) is 0 Å². The van der Waals surface area contributed by atoms with Gasteiger partial charge in [0, 0.05) is 0 Å². The first-order chi connectivity index (χ1) is 23.3. The zero-order chi connectivity index (χ0) is 31.0. The topological polar surface area (TPSA) is 0 Å². The van der Waals surface area contributed by atoms with Crippen LogP contribution in [0.2, 0.25) is 0 Å². The maximum atomic E-state index is 2.47. The summed E-state index contributed by atoms with van der Waals surface area (Å²) in [5.41, 5.74) is 9.86. The van der Waals surface area contributed by atoms with Crippen LogP contribution in [0.3, 0.4) is 0 Å². The number of hydrogen-bond acceptors (Lipinski definition) is 0. The second-order valence-electron chi connectivity index (χ2n) is 12.8. The van der Waals surface area contributed by atoms with Gasteiger partial charge in [-0.05, 0) is 112 Å². The van der Waals surface area contributed by atoms with Crippen LogP contribution in [-0.2, 0) is 5.41 Å². The molecule has 0 saturated carbocycles. The van der Waals surface area contributed by atoms with Crippen molar-refractivity contribution in [3.8, 4) is 22.3 Å². The first kappa shape index (κ1) is 26.3. The lowest BCUT2D eigenvalue weighted by Gasteiger charge is -2.42. The quantitative estimate of drug-likeness (QED) is 0.141. The van der Waals surface area contributed by atoms with Crippen LogP contribution in [0.25, 0.3) is 65.3 Å². The molecule has 0 nitrogen and oxygen atoms in total. The molecule has 0 fully saturated rings. The van der Waals surface area contributed by atoms with Crippen LogP contribution >= 0.6 is 0 Å². The number of fused-ring (bicyclic) bond motifs is 6. The molecule has 0 N–H and O–H groups in total. The largest absolute Gasteiger partial charge is 0.0713 e. The van der Waals surface area contributed by atoms with Gasteiger partial charge < -0.3 is 0 Å². The lowest BCUT2D eigenvalue weighted by molar-refractivity contribution is 0.750. The summed E-state index contributed by atoms with van der Waals surface area (Å²) in [7, 11) is 0. The normalized spacial score (nSPS) is 13.3. The number of benzene rings is 9. The average Bonchev–Trinajstić information content (AvgIpc) is 3.15. The van der Waals surface area contributed by atoms with Gasteiger partial charge in [-0.3, -0.25) is 0 Å². The monoisotopic (exact) mass is 594 g/mol. The van der Waals surface area contributed by atoms with E-state index in [1.165, 1.54) is 87.6 Å². The van der Waals surface area contributed by atoms with E-state index in [2.05, 4.69) is 182 Å². The molecule has 9 aromatic carbocycles. The molecule has 218 valence electrons. The molecule has 0 heterocycles. The maximum absolute atomic E-state index is 2.47. The number of hydrogen-bond donors (Lipinski definition) is 0. The molecule has 0 aromatic heterocycles. The van der Waals surface area contributed by atoms with Crippen LogP contribution in [0, 0.1) is 0 Å². The van der Waals surface area contributed by atoms with E-state index in [4.69, 9.17) is 0 Å². The molecule has 0 radical (unpaired) electrons. The molecule has 47 heavy (non-hydrogen) atoms. The third-order valence-electron chi connectivity index (χ3n) is 10.5. The smallest absolute Gasteiger partial charge is 0.0622 e. The van der Waals surface area contributed by atoms with E-state index < -0.39 is 5.41 Å². The van der Waals surface area contributed by atoms with Crippen molar-refractivity contribution in [2.45, 2.75) is 5.41 Å². The van der Waals surface area contributed by atoms with Gasteiger partial charge in [-0.25, -0.2) is 0 Å². The molecule has 1 aliphatic carbocycles. The van der Waals surface area contributed by atoms with Crippen molar-refractivity contribution in [3.05, 3.63) is 204 Å². The van der Waals surface area contributed by atoms with E-state index >= 15 is 0 Å². The van der Waals surface area contributed by atoms with Gasteiger partial charge in [0.25, 0.3) is 0 Å². The third kappa shape index (κ3) is 3.70. The summed E-state index contributed by atoms with van der Waals surface area (Å²) in [6.07, 6.45) is 0. The minimum Gasteiger partial charge on any atom is -0.0622 e. The second-order valence-corrected chi connectivity index (χ2v) is 12.8. The van der Waals surface area contributed by atoms with E-state index in [-0.39, 0.29) is 0 Å². The molecule has 0 spiro atoms. The Balaban J connectivity index is 1.33. The zero-order valence-electron chi connectivity index (χ0n) is 25.8. The van der Waals surface area contributed by atoms with Gasteiger partial charge >= 0.3 is 0 Å². The Morgan fingerprint density at radius 1 is 0.298 bits per heavy atom. The summed E-state index contributed by atoms with van der Waals surface area (Å²) in [5, 5.41) is 10.3. The summed E-state index contributed by atoms with van der Waals surface area (Å²) in [5.74, 6) is 0. The molecule has 0 unspecified atom stereocenters. The molecule has 1 aliphatic rings. The van der Waals surface area contributed by atoms with Crippen molar-refractivity contribution in [2.75, 3.05) is 0 Å². The fourth-order valence-corrected chi connectivity index (χ4v) is 8.49. The first-order valence-electron chi connectivity index (χ1n) is 16.4. The molecule has 0 bridgehead atoms. The molecule has 0 aliphatic heterocycles. The summed E-state index contributed by atoms with van der Waals surface area (Å²) in [6, 6.07) is 67.8. The van der Waals surface area contributed by atoms with Crippen LogP contribution < -0.4 is 0 Å². The average molecular weight is 595 g/mol. The molecular formula is C47H30. The Labute approximate surface area is 274 Å². The highest BCUT2D eigenvalue weighted by molar-refractivity contribution is 6.17. The van der Waals surface area contributed by atoms with Crippen LogP contribution in [0.5, 0.6) is 0 Å². The van der Waals surface area contributed by atoms with Crippen molar-refractivity contribution < 1.29 is 0 Å². The van der Waals surface area contributed by atoms with Gasteiger partial charge in [-0.2, -0.15) is 0 Å². The minimum atomic E-state index is -0.464. The van der Waals surface area contributed by atoms with Gasteiger partial charge in [-0.1, -0.05) is 158 Å². The van der Waals surface area contributed by atoms with E-state index in [9.17, 15) is 0 Å². The maximum Gasteiger partial charge on any atom is 0.0713 e. The predicted molar refractivity (Wildman–Crippen MR) is 199 cm³/mol. The van der Waals surface area contributed by atoms with Crippen molar-refractivity contribution >= 4 is 43.1 Å². The Kier molecular flexibility index (Phi) is 5.59. The molecule has 0 amide bonds. The Morgan fingerprint density at radius 2 is 0.915 bits per heavy atom. The lowest BCUT2D eigenvalue weighted by atomic mass is 9.59. The summed E-state index contributed by atoms with van der Waals surface area (Å²) in [4.78, 5) is 0. The molecule has 0 atom stereocenters. The zero-order valence-corrected chi connectivity index (χ0v) is 25.8. The van der Waals surface area contributed by atoms with Crippen molar-refractivity contribution in [1.82, 2.24) is 0 Å². The highest BCUT2D eigenvalue weighted by Crippen LogP contribution is 2.56. The van der Waals surface area contributed by atoms with Crippen LogP contribution in [-0.4, -0.2) is 0 Å². The molecule has 10 rings (SSSR count). The van der Waals surface area contributed by atoms with Gasteiger partial charge in [0.2, 0.25) is 0 Å². The van der Waals surface area contributed by atoms with Crippen LogP contribution in [0.1, 0.15) is 22.3 Å². The Hall–Kier alpha value is -5.98. The summed E-state index contributed by atoms with van der Waals surface area (Å²) >= 11 is 0. The van der Waals surface area contributed by atoms with E-state index in [0.29, 0.717) is 0 Å². The van der Waals surface area contributed by atoms with Crippen LogP contribution in [0.4, 0.5) is 0 Å². The fraction of sp³-hybridized carbons (Fsp3) is 0.0213. The van der Waals surface area contributed by atoms with Gasteiger partial charge in [0.15, 0.2) is 0 Å².